The molecule has 2 aromatic rings. The van der Waals surface area contributed by atoms with E-state index in [2.05, 4.69) is 32.2 Å². The van der Waals surface area contributed by atoms with Crippen molar-refractivity contribution in [2.75, 3.05) is 23.3 Å². The number of aryl methyl sites for hydroxylation is 1. The van der Waals surface area contributed by atoms with Crippen LogP contribution in [0.2, 0.25) is 0 Å². The molecular formula is C12H17N7S. The summed E-state index contributed by atoms with van der Waals surface area (Å²) in [5.41, 5.74) is 12.2. The highest BCUT2D eigenvalue weighted by molar-refractivity contribution is 7.99. The number of hydrogen-bond donors (Lipinski definition) is 3. The molecule has 0 aliphatic carbocycles. The molecule has 2 rings (SSSR count). The number of nitrogens with one attached hydrogen (secondary N) is 1. The third-order valence-corrected chi connectivity index (χ3v) is 3.09. The van der Waals surface area contributed by atoms with Crippen molar-refractivity contribution < 1.29 is 0 Å². The molecule has 0 aliphatic heterocycles. The van der Waals surface area contributed by atoms with Crippen LogP contribution in [0.4, 0.5) is 17.6 Å². The van der Waals surface area contributed by atoms with Crippen molar-refractivity contribution in [3.8, 4) is 0 Å². The van der Waals surface area contributed by atoms with Gasteiger partial charge < -0.3 is 16.8 Å². The lowest BCUT2D eigenvalue weighted by Gasteiger charge is -2.07. The highest BCUT2D eigenvalue weighted by Crippen LogP contribution is 2.25. The molecule has 5 N–H and O–H groups in total. The number of nitrogens with zero attached hydrogens (tertiary/aromatic N) is 4. The Morgan fingerprint density at radius 2 is 1.80 bits per heavy atom. The molecular weight excluding hydrogens is 274 g/mol. The van der Waals surface area contributed by atoms with Gasteiger partial charge in [0.25, 0.3) is 0 Å². The quantitative estimate of drug-likeness (QED) is 0.563. The summed E-state index contributed by atoms with van der Waals surface area (Å²) < 4.78 is 0. The zero-order valence-corrected chi connectivity index (χ0v) is 12.2. The SMILES string of the molecule is CCCNc1nc(C)cc(Sc2nc(N)cc(N)n2)n1. The lowest BCUT2D eigenvalue weighted by atomic mass is 10.4. The molecule has 0 unspecified atom stereocenters. The van der Waals surface area contributed by atoms with Gasteiger partial charge in [0, 0.05) is 18.3 Å². The zero-order valence-electron chi connectivity index (χ0n) is 11.4. The summed E-state index contributed by atoms with van der Waals surface area (Å²) in [5.74, 6) is 1.29. The van der Waals surface area contributed by atoms with Crippen LogP contribution in [0.1, 0.15) is 19.0 Å². The van der Waals surface area contributed by atoms with Crippen molar-refractivity contribution in [3.05, 3.63) is 17.8 Å². The summed E-state index contributed by atoms with van der Waals surface area (Å²) in [7, 11) is 0. The summed E-state index contributed by atoms with van der Waals surface area (Å²) in [5, 5.41) is 4.38. The van der Waals surface area contributed by atoms with Crippen molar-refractivity contribution in [1.82, 2.24) is 19.9 Å². The summed E-state index contributed by atoms with van der Waals surface area (Å²) in [6.07, 6.45) is 1.01. The summed E-state index contributed by atoms with van der Waals surface area (Å²) in [6, 6.07) is 3.38. The van der Waals surface area contributed by atoms with Gasteiger partial charge in [-0.15, -0.1) is 0 Å². The molecule has 0 saturated heterocycles. The van der Waals surface area contributed by atoms with Gasteiger partial charge in [-0.1, -0.05) is 6.92 Å². The van der Waals surface area contributed by atoms with Gasteiger partial charge in [-0.2, -0.15) is 0 Å². The maximum atomic E-state index is 5.65. The first-order chi connectivity index (χ1) is 9.56. The fourth-order valence-electron chi connectivity index (χ4n) is 1.51. The van der Waals surface area contributed by atoms with Crippen molar-refractivity contribution in [3.63, 3.8) is 0 Å². The first-order valence-electron chi connectivity index (χ1n) is 6.24. The van der Waals surface area contributed by atoms with E-state index in [-0.39, 0.29) is 0 Å². The predicted octanol–water partition coefficient (Wildman–Crippen LogP) is 1.71. The summed E-state index contributed by atoms with van der Waals surface area (Å²) >= 11 is 1.30. The third kappa shape index (κ3) is 3.95. The number of anilines is 3. The van der Waals surface area contributed by atoms with Gasteiger partial charge >= 0.3 is 0 Å². The lowest BCUT2D eigenvalue weighted by Crippen LogP contribution is -2.06. The Morgan fingerprint density at radius 3 is 2.45 bits per heavy atom. The van der Waals surface area contributed by atoms with Crippen LogP contribution in [0.5, 0.6) is 0 Å². The largest absolute Gasteiger partial charge is 0.383 e. The van der Waals surface area contributed by atoms with Crippen molar-refractivity contribution in [2.24, 2.45) is 0 Å². The third-order valence-electron chi connectivity index (χ3n) is 2.30. The minimum absolute atomic E-state index is 0.343. The van der Waals surface area contributed by atoms with Gasteiger partial charge in [-0.05, 0) is 31.2 Å². The zero-order chi connectivity index (χ0) is 14.5. The van der Waals surface area contributed by atoms with E-state index in [9.17, 15) is 0 Å². The first kappa shape index (κ1) is 14.3. The molecule has 2 aromatic heterocycles. The molecule has 7 nitrogen and oxygen atoms in total. The van der Waals surface area contributed by atoms with Gasteiger partial charge in [0.15, 0.2) is 5.16 Å². The molecule has 0 aliphatic rings. The van der Waals surface area contributed by atoms with Crippen LogP contribution in [0.15, 0.2) is 22.3 Å². The number of nitrogen functional groups attached to an aromatic ring is 2. The molecule has 8 heteroatoms. The summed E-state index contributed by atoms with van der Waals surface area (Å²) in [6.45, 7) is 4.83. The van der Waals surface area contributed by atoms with Crippen LogP contribution in [-0.2, 0) is 0 Å². The number of nitrogens with two attached hydrogens (primary N) is 2. The average molecular weight is 291 g/mol. The van der Waals surface area contributed by atoms with Crippen LogP contribution in [0, 0.1) is 6.92 Å². The maximum absolute atomic E-state index is 5.65. The molecule has 0 amide bonds. The van der Waals surface area contributed by atoms with Crippen LogP contribution >= 0.6 is 11.8 Å². The molecule has 0 aromatic carbocycles. The van der Waals surface area contributed by atoms with E-state index >= 15 is 0 Å². The second kappa shape index (κ2) is 6.38. The predicted molar refractivity (Wildman–Crippen MR) is 80.5 cm³/mol. The molecule has 0 atom stereocenters. The van der Waals surface area contributed by atoms with Crippen molar-refractivity contribution in [1.29, 1.82) is 0 Å². The molecule has 106 valence electrons. The normalized spacial score (nSPS) is 10.5. The standard InChI is InChI=1S/C12H17N7S/c1-3-4-15-11-16-7(2)5-10(19-11)20-12-17-8(13)6-9(14)18-12/h5-6H,3-4H2,1-2H3,(H,15,16,19)(H4,13,14,17,18). The van der Waals surface area contributed by atoms with Crippen molar-refractivity contribution >= 4 is 29.3 Å². The fourth-order valence-corrected chi connectivity index (χ4v) is 2.36. The van der Waals surface area contributed by atoms with Gasteiger partial charge in [-0.3, -0.25) is 0 Å². The van der Waals surface area contributed by atoms with E-state index in [0.29, 0.717) is 22.7 Å². The number of rotatable bonds is 5. The monoisotopic (exact) mass is 291 g/mol. The average Bonchev–Trinajstić information content (AvgIpc) is 2.34. The Hall–Kier alpha value is -2.09. The van der Waals surface area contributed by atoms with Crippen LogP contribution < -0.4 is 16.8 Å². The maximum Gasteiger partial charge on any atom is 0.223 e. The highest BCUT2D eigenvalue weighted by Gasteiger charge is 2.07. The molecule has 2 heterocycles. The van der Waals surface area contributed by atoms with Gasteiger partial charge in [0.05, 0.1) is 0 Å². The van der Waals surface area contributed by atoms with Crippen LogP contribution in [-0.4, -0.2) is 26.5 Å². The molecule has 0 spiro atoms. The van der Waals surface area contributed by atoms with Gasteiger partial charge in [-0.25, -0.2) is 19.9 Å². The Kier molecular flexibility index (Phi) is 4.57. The number of hydrogen-bond acceptors (Lipinski definition) is 8. The van der Waals surface area contributed by atoms with E-state index in [1.165, 1.54) is 17.8 Å². The number of aromatic nitrogens is 4. The van der Waals surface area contributed by atoms with Gasteiger partial charge in [0.1, 0.15) is 16.7 Å². The van der Waals surface area contributed by atoms with E-state index in [1.807, 2.05) is 13.0 Å². The topological polar surface area (TPSA) is 116 Å². The lowest BCUT2D eigenvalue weighted by molar-refractivity contribution is 0.919. The molecule has 0 saturated carbocycles. The van der Waals surface area contributed by atoms with Gasteiger partial charge in [0.2, 0.25) is 5.95 Å². The van der Waals surface area contributed by atoms with E-state index in [0.717, 1.165) is 23.7 Å². The molecule has 0 radical (unpaired) electrons. The molecule has 0 fully saturated rings. The van der Waals surface area contributed by atoms with E-state index < -0.39 is 0 Å². The second-order valence-electron chi connectivity index (χ2n) is 4.20. The van der Waals surface area contributed by atoms with Crippen LogP contribution in [0.25, 0.3) is 0 Å². The summed E-state index contributed by atoms with van der Waals surface area (Å²) in [4.78, 5) is 17.0. The molecule has 0 bridgehead atoms. The smallest absolute Gasteiger partial charge is 0.223 e. The van der Waals surface area contributed by atoms with E-state index in [1.54, 1.807) is 0 Å². The Bertz CT molecular complexity index is 582. The van der Waals surface area contributed by atoms with E-state index in [4.69, 9.17) is 11.5 Å². The Labute approximate surface area is 121 Å². The second-order valence-corrected chi connectivity index (χ2v) is 5.19. The van der Waals surface area contributed by atoms with Crippen LogP contribution in [0.3, 0.4) is 0 Å². The minimum Gasteiger partial charge on any atom is -0.383 e. The first-order valence-corrected chi connectivity index (χ1v) is 7.06. The van der Waals surface area contributed by atoms with Crippen molar-refractivity contribution in [2.45, 2.75) is 30.5 Å². The minimum atomic E-state index is 0.343. The fraction of sp³-hybridized carbons (Fsp3) is 0.333. The Balaban J connectivity index is 2.21. The Morgan fingerprint density at radius 1 is 1.10 bits per heavy atom. The highest BCUT2D eigenvalue weighted by atomic mass is 32.2. The molecule has 20 heavy (non-hydrogen) atoms.